The fraction of sp³-hybridized carbons (Fsp3) is 0.222. The van der Waals surface area contributed by atoms with Gasteiger partial charge < -0.3 is 19.8 Å². The molecule has 1 aliphatic rings. The summed E-state index contributed by atoms with van der Waals surface area (Å²) < 4.78 is 13.1. The van der Waals surface area contributed by atoms with Crippen LogP contribution in [0.3, 0.4) is 0 Å². The van der Waals surface area contributed by atoms with Gasteiger partial charge in [-0.1, -0.05) is 6.07 Å². The van der Waals surface area contributed by atoms with Gasteiger partial charge in [0.2, 0.25) is 5.88 Å². The fourth-order valence-corrected chi connectivity index (χ4v) is 3.49. The van der Waals surface area contributed by atoms with Crippen molar-refractivity contribution in [1.29, 1.82) is 5.26 Å². The number of allylic oxidation sites excluding steroid dienone is 1. The van der Waals surface area contributed by atoms with Crippen molar-refractivity contribution in [2.45, 2.75) is 12.8 Å². The average molecular weight is 402 g/mol. The maximum atomic E-state index is 12.9. The lowest BCUT2D eigenvalue weighted by atomic mass is 9.84. The molecule has 0 unspecified atom stereocenters. The van der Waals surface area contributed by atoms with Crippen LogP contribution in [0.5, 0.6) is 11.5 Å². The number of nitrogens with zero attached hydrogens (tertiary/aromatic N) is 2. The van der Waals surface area contributed by atoms with Crippen LogP contribution in [0, 0.1) is 18.3 Å². The maximum absolute atomic E-state index is 12.9. The van der Waals surface area contributed by atoms with Crippen molar-refractivity contribution < 1.29 is 9.47 Å². The molecule has 0 saturated heterocycles. The summed E-state index contributed by atoms with van der Waals surface area (Å²) in [5.74, 6) is 0.451. The van der Waals surface area contributed by atoms with Gasteiger partial charge in [0.15, 0.2) is 0 Å². The normalized spacial score (nSPS) is 16.0. The van der Waals surface area contributed by atoms with Gasteiger partial charge in [0.05, 0.1) is 23.1 Å². The highest BCUT2D eigenvalue weighted by atomic mass is 79.9. The Labute approximate surface area is 153 Å². The molecule has 3 rings (SSSR count). The number of nitrogens with two attached hydrogens (primary N) is 1. The van der Waals surface area contributed by atoms with Gasteiger partial charge in [-0.2, -0.15) is 5.26 Å². The highest BCUT2D eigenvalue weighted by Gasteiger charge is 2.34. The van der Waals surface area contributed by atoms with Crippen molar-refractivity contribution >= 4 is 15.9 Å². The fourth-order valence-electron chi connectivity index (χ4n) is 2.94. The van der Waals surface area contributed by atoms with Crippen molar-refractivity contribution in [2.24, 2.45) is 12.8 Å². The van der Waals surface area contributed by atoms with E-state index in [1.807, 2.05) is 19.1 Å². The number of benzene rings is 1. The van der Waals surface area contributed by atoms with E-state index in [9.17, 15) is 10.1 Å². The quantitative estimate of drug-likeness (QED) is 0.834. The molecule has 6 nitrogen and oxygen atoms in total. The number of methoxy groups -OCH3 is 1. The Morgan fingerprint density at radius 1 is 1.40 bits per heavy atom. The van der Waals surface area contributed by atoms with Crippen LogP contribution < -0.4 is 20.8 Å². The predicted octanol–water partition coefficient (Wildman–Crippen LogP) is 2.68. The summed E-state index contributed by atoms with van der Waals surface area (Å²) in [4.78, 5) is 12.9. The Bertz CT molecular complexity index is 1000. The van der Waals surface area contributed by atoms with Gasteiger partial charge in [-0.15, -0.1) is 0 Å². The molecule has 128 valence electrons. The van der Waals surface area contributed by atoms with Crippen LogP contribution in [0.2, 0.25) is 0 Å². The maximum Gasteiger partial charge on any atom is 0.258 e. The number of halogens is 1. The average Bonchev–Trinajstić information content (AvgIpc) is 2.58. The third-order valence-electron chi connectivity index (χ3n) is 4.36. The van der Waals surface area contributed by atoms with Crippen LogP contribution >= 0.6 is 15.9 Å². The number of aryl methyl sites for hydroxylation is 1. The van der Waals surface area contributed by atoms with E-state index in [4.69, 9.17) is 15.2 Å². The third-order valence-corrected chi connectivity index (χ3v) is 4.98. The summed E-state index contributed by atoms with van der Waals surface area (Å²) in [5.41, 5.74) is 7.84. The van der Waals surface area contributed by atoms with Crippen LogP contribution in [-0.2, 0) is 7.05 Å². The Hall–Kier alpha value is -2.72. The zero-order chi connectivity index (χ0) is 18.3. The first-order chi connectivity index (χ1) is 11.9. The highest BCUT2D eigenvalue weighted by molar-refractivity contribution is 9.10. The summed E-state index contributed by atoms with van der Waals surface area (Å²) >= 11 is 3.45. The van der Waals surface area contributed by atoms with Crippen molar-refractivity contribution in [3.63, 3.8) is 0 Å². The van der Waals surface area contributed by atoms with Gasteiger partial charge in [0.25, 0.3) is 5.56 Å². The second kappa shape index (κ2) is 6.30. The summed E-state index contributed by atoms with van der Waals surface area (Å²) in [6.07, 6.45) is 0. The summed E-state index contributed by atoms with van der Waals surface area (Å²) in [7, 11) is 3.26. The molecule has 2 N–H and O–H groups in total. The number of hydrogen-bond acceptors (Lipinski definition) is 5. The van der Waals surface area contributed by atoms with Crippen LogP contribution in [0.4, 0.5) is 0 Å². The standard InChI is InChI=1S/C18H16BrN3O3/c1-9-6-14-16(18(23)22(9)2)15(11(8-20)17(21)25-14)10-4-5-13(24-3)12(19)7-10/h4-7,15H,21H2,1-3H3/t15-/m0/s1. The molecule has 2 heterocycles. The van der Waals surface area contributed by atoms with E-state index in [1.165, 1.54) is 4.57 Å². The number of rotatable bonds is 2. The first-order valence-corrected chi connectivity index (χ1v) is 8.29. The van der Waals surface area contributed by atoms with E-state index in [0.717, 1.165) is 15.7 Å². The minimum atomic E-state index is -0.602. The molecule has 2 aromatic rings. The molecule has 1 aliphatic heterocycles. The molecule has 0 spiro atoms. The van der Waals surface area contributed by atoms with Gasteiger partial charge in [-0.25, -0.2) is 0 Å². The van der Waals surface area contributed by atoms with E-state index in [1.54, 1.807) is 26.3 Å². The molecular formula is C18H16BrN3O3. The predicted molar refractivity (Wildman–Crippen MR) is 96.4 cm³/mol. The Morgan fingerprint density at radius 2 is 2.12 bits per heavy atom. The SMILES string of the molecule is COc1ccc([C@H]2C(C#N)=C(N)Oc3cc(C)n(C)c(=O)c32)cc1Br. The van der Waals surface area contributed by atoms with E-state index in [0.29, 0.717) is 17.1 Å². The molecule has 0 fully saturated rings. The molecule has 0 bridgehead atoms. The van der Waals surface area contributed by atoms with E-state index in [2.05, 4.69) is 22.0 Å². The van der Waals surface area contributed by atoms with Gasteiger partial charge in [-0.05, 0) is 40.5 Å². The number of fused-ring (bicyclic) bond motifs is 1. The van der Waals surface area contributed by atoms with Gasteiger partial charge in [0.1, 0.15) is 23.1 Å². The van der Waals surface area contributed by atoms with Gasteiger partial charge in [-0.3, -0.25) is 4.79 Å². The number of hydrogen-bond donors (Lipinski definition) is 1. The van der Waals surface area contributed by atoms with Crippen molar-refractivity contribution in [1.82, 2.24) is 4.57 Å². The second-order valence-electron chi connectivity index (χ2n) is 5.75. The number of pyridine rings is 1. The monoisotopic (exact) mass is 401 g/mol. The van der Waals surface area contributed by atoms with Crippen molar-refractivity contribution in [3.8, 4) is 17.6 Å². The van der Waals surface area contributed by atoms with E-state index >= 15 is 0 Å². The van der Waals surface area contributed by atoms with E-state index < -0.39 is 5.92 Å². The van der Waals surface area contributed by atoms with Gasteiger partial charge >= 0.3 is 0 Å². The minimum Gasteiger partial charge on any atom is -0.496 e. The van der Waals surface area contributed by atoms with Crippen LogP contribution in [-0.4, -0.2) is 11.7 Å². The van der Waals surface area contributed by atoms with Crippen LogP contribution in [0.25, 0.3) is 0 Å². The van der Waals surface area contributed by atoms with Crippen LogP contribution in [0.1, 0.15) is 22.7 Å². The first-order valence-electron chi connectivity index (χ1n) is 7.50. The van der Waals surface area contributed by atoms with Crippen LogP contribution in [0.15, 0.2) is 45.0 Å². The first kappa shape index (κ1) is 17.1. The largest absolute Gasteiger partial charge is 0.496 e. The minimum absolute atomic E-state index is 0.0135. The smallest absolute Gasteiger partial charge is 0.258 e. The lowest BCUT2D eigenvalue weighted by molar-refractivity contribution is 0.389. The molecule has 0 aliphatic carbocycles. The Balaban J connectivity index is 2.32. The summed E-state index contributed by atoms with van der Waals surface area (Å²) in [6.45, 7) is 1.81. The second-order valence-corrected chi connectivity index (χ2v) is 6.60. The lowest BCUT2D eigenvalue weighted by Crippen LogP contribution is -2.31. The van der Waals surface area contributed by atoms with E-state index in [-0.39, 0.29) is 17.0 Å². The zero-order valence-corrected chi connectivity index (χ0v) is 15.5. The number of aromatic nitrogens is 1. The molecule has 1 aromatic heterocycles. The molecule has 7 heteroatoms. The molecule has 1 atom stereocenters. The molecule has 0 radical (unpaired) electrons. The molecular weight excluding hydrogens is 386 g/mol. The topological polar surface area (TPSA) is 90.3 Å². The number of nitriles is 1. The summed E-state index contributed by atoms with van der Waals surface area (Å²) in [5, 5.41) is 9.59. The molecule has 1 aromatic carbocycles. The summed E-state index contributed by atoms with van der Waals surface area (Å²) in [6, 6.07) is 9.25. The highest BCUT2D eigenvalue weighted by Crippen LogP contribution is 2.42. The Morgan fingerprint density at radius 3 is 2.72 bits per heavy atom. The number of ether oxygens (including phenoxy) is 2. The Kier molecular flexibility index (Phi) is 4.31. The molecule has 0 amide bonds. The van der Waals surface area contributed by atoms with Crippen molar-refractivity contribution in [3.05, 3.63) is 67.4 Å². The molecule has 0 saturated carbocycles. The molecule has 25 heavy (non-hydrogen) atoms. The zero-order valence-electron chi connectivity index (χ0n) is 14.0. The van der Waals surface area contributed by atoms with Crippen molar-refractivity contribution in [2.75, 3.05) is 7.11 Å². The van der Waals surface area contributed by atoms with Gasteiger partial charge in [0, 0.05) is 18.8 Å². The lowest BCUT2D eigenvalue weighted by Gasteiger charge is -2.27. The third kappa shape index (κ3) is 2.68.